The molecule has 0 bridgehead atoms. The Morgan fingerprint density at radius 3 is 1.86 bits per heavy atom. The van der Waals surface area contributed by atoms with E-state index in [1.54, 1.807) is 0 Å². The van der Waals surface area contributed by atoms with E-state index in [0.717, 1.165) is 19.1 Å². The summed E-state index contributed by atoms with van der Waals surface area (Å²) in [6.45, 7) is 2.24. The lowest BCUT2D eigenvalue weighted by Gasteiger charge is -2.11. The molecule has 0 aliphatic rings. The van der Waals surface area contributed by atoms with Crippen LogP contribution in [0.2, 0.25) is 0 Å². The summed E-state index contributed by atoms with van der Waals surface area (Å²) in [6.07, 6.45) is 15.2. The fraction of sp³-hybridized carbons (Fsp3) is 0.938. The lowest BCUT2D eigenvalue weighted by molar-refractivity contribution is -0.109. The van der Waals surface area contributed by atoms with E-state index < -0.39 is 17.5 Å². The van der Waals surface area contributed by atoms with E-state index >= 15 is 0 Å². The first kappa shape index (κ1) is 20.7. The molecule has 5 heteroatoms. The molecule has 0 spiro atoms. The van der Waals surface area contributed by atoms with E-state index in [1.807, 2.05) is 0 Å². The summed E-state index contributed by atoms with van der Waals surface area (Å²) >= 11 is -2.27. The number of rotatable bonds is 16. The third kappa shape index (κ3) is 15.9. The van der Waals surface area contributed by atoms with Crippen LogP contribution in [-0.4, -0.2) is 21.2 Å². The molecule has 0 heterocycles. The highest BCUT2D eigenvalue weighted by atomic mass is 32.2. The zero-order valence-corrected chi connectivity index (χ0v) is 14.2. The average molecular weight is 320 g/mol. The molecule has 0 aliphatic heterocycles. The van der Waals surface area contributed by atoms with Gasteiger partial charge in [-0.15, -0.1) is 0 Å². The molecule has 0 rings (SSSR count). The number of hydrogen-bond acceptors (Lipinski definition) is 3. The van der Waals surface area contributed by atoms with E-state index in [0.29, 0.717) is 6.42 Å². The Morgan fingerprint density at radius 1 is 0.952 bits per heavy atom. The number of unbranched alkanes of at least 4 members (excludes halogenated alkanes) is 10. The predicted molar refractivity (Wildman–Crippen MR) is 87.4 cm³/mol. The van der Waals surface area contributed by atoms with Gasteiger partial charge >= 0.3 is 11.4 Å². The molecule has 0 amide bonds. The molecule has 0 aromatic rings. The minimum atomic E-state index is -2.27. The summed E-state index contributed by atoms with van der Waals surface area (Å²) in [7, 11) is 0. The molecule has 1 N–H and O–H groups in total. The molecule has 0 saturated carbocycles. The van der Waals surface area contributed by atoms with Crippen LogP contribution < -0.4 is 0 Å². The Balaban J connectivity index is 3.33. The van der Waals surface area contributed by atoms with Crippen LogP contribution in [0.15, 0.2) is 0 Å². The van der Waals surface area contributed by atoms with Gasteiger partial charge in [0.15, 0.2) is 0 Å². The quantitative estimate of drug-likeness (QED) is 0.252. The molecular weight excluding hydrogens is 288 g/mol. The van der Waals surface area contributed by atoms with Gasteiger partial charge in [0.05, 0.1) is 6.10 Å². The van der Waals surface area contributed by atoms with Gasteiger partial charge in [-0.3, -0.25) is 8.74 Å². The number of carbonyl (C=O) groups excluding carboxylic acids is 1. The van der Waals surface area contributed by atoms with Crippen LogP contribution in [0.1, 0.15) is 90.4 Å². The summed E-state index contributed by atoms with van der Waals surface area (Å²) < 4.78 is 24.0. The van der Waals surface area contributed by atoms with Crippen LogP contribution in [0.25, 0.3) is 0 Å². The van der Waals surface area contributed by atoms with Crippen molar-refractivity contribution in [2.24, 2.45) is 0 Å². The van der Waals surface area contributed by atoms with Gasteiger partial charge in [0.1, 0.15) is 6.29 Å². The Morgan fingerprint density at radius 2 is 1.43 bits per heavy atom. The third-order valence-corrected chi connectivity index (χ3v) is 4.14. The molecule has 0 aliphatic carbocycles. The van der Waals surface area contributed by atoms with Crippen molar-refractivity contribution in [3.8, 4) is 0 Å². The van der Waals surface area contributed by atoms with Crippen LogP contribution in [-0.2, 0) is 20.3 Å². The summed E-state index contributed by atoms with van der Waals surface area (Å²) in [5.41, 5.74) is 0. The van der Waals surface area contributed by atoms with Gasteiger partial charge in [0.2, 0.25) is 0 Å². The highest BCUT2D eigenvalue weighted by Crippen LogP contribution is 2.14. The Hall–Kier alpha value is -0.260. The molecule has 0 fully saturated rings. The SMILES string of the molecule is CCCCCCCCCCCCCC(CC=O)OS(=O)O. The van der Waals surface area contributed by atoms with E-state index in [-0.39, 0.29) is 6.42 Å². The van der Waals surface area contributed by atoms with Crippen molar-refractivity contribution in [2.75, 3.05) is 0 Å². The fourth-order valence-corrected chi connectivity index (χ4v) is 2.87. The summed E-state index contributed by atoms with van der Waals surface area (Å²) in [6, 6.07) is 0. The van der Waals surface area contributed by atoms with E-state index in [4.69, 9.17) is 8.74 Å². The van der Waals surface area contributed by atoms with Gasteiger partial charge < -0.3 is 4.79 Å². The van der Waals surface area contributed by atoms with Crippen LogP contribution >= 0.6 is 0 Å². The average Bonchev–Trinajstić information content (AvgIpc) is 2.44. The standard InChI is InChI=1S/C16H32O4S/c1-2-3-4-5-6-7-8-9-10-11-12-13-16(14-15-17)20-21(18)19/h15-16H,2-14H2,1H3,(H,18,19). The normalized spacial score (nSPS) is 14.0. The Bertz CT molecular complexity index is 259. The minimum absolute atomic E-state index is 0.198. The highest BCUT2D eigenvalue weighted by molar-refractivity contribution is 7.74. The second-order valence-corrected chi connectivity index (χ2v) is 6.29. The lowest BCUT2D eigenvalue weighted by Crippen LogP contribution is -2.14. The van der Waals surface area contributed by atoms with Gasteiger partial charge in [-0.2, -0.15) is 4.21 Å². The van der Waals surface area contributed by atoms with Crippen LogP contribution in [0.3, 0.4) is 0 Å². The van der Waals surface area contributed by atoms with Crippen molar-refractivity contribution < 1.29 is 17.7 Å². The molecule has 0 saturated heterocycles. The molecule has 0 aromatic heterocycles. The molecule has 4 nitrogen and oxygen atoms in total. The van der Waals surface area contributed by atoms with Crippen LogP contribution in [0, 0.1) is 0 Å². The minimum Gasteiger partial charge on any atom is -0.303 e. The topological polar surface area (TPSA) is 63.6 Å². The smallest absolute Gasteiger partial charge is 0.302 e. The van der Waals surface area contributed by atoms with Crippen molar-refractivity contribution in [2.45, 2.75) is 96.5 Å². The Labute approximate surface area is 132 Å². The van der Waals surface area contributed by atoms with E-state index in [1.165, 1.54) is 57.8 Å². The highest BCUT2D eigenvalue weighted by Gasteiger charge is 2.11. The molecule has 0 aromatic carbocycles. The lowest BCUT2D eigenvalue weighted by atomic mass is 10.0. The van der Waals surface area contributed by atoms with Gasteiger partial charge in [-0.25, -0.2) is 0 Å². The van der Waals surface area contributed by atoms with Crippen molar-refractivity contribution in [3.63, 3.8) is 0 Å². The van der Waals surface area contributed by atoms with Crippen LogP contribution in [0.5, 0.6) is 0 Å². The van der Waals surface area contributed by atoms with Crippen molar-refractivity contribution in [1.82, 2.24) is 0 Å². The van der Waals surface area contributed by atoms with Crippen molar-refractivity contribution in [3.05, 3.63) is 0 Å². The van der Waals surface area contributed by atoms with Gasteiger partial charge in [0.25, 0.3) is 0 Å². The zero-order chi connectivity index (χ0) is 15.8. The third-order valence-electron chi connectivity index (χ3n) is 3.71. The van der Waals surface area contributed by atoms with Gasteiger partial charge in [0, 0.05) is 6.42 Å². The molecule has 126 valence electrons. The second-order valence-electron chi connectivity index (χ2n) is 5.66. The predicted octanol–water partition coefficient (Wildman–Crippen LogP) is 4.80. The number of hydrogen-bond donors (Lipinski definition) is 1. The molecule has 21 heavy (non-hydrogen) atoms. The summed E-state index contributed by atoms with van der Waals surface area (Å²) in [4.78, 5) is 10.4. The zero-order valence-electron chi connectivity index (χ0n) is 13.4. The summed E-state index contributed by atoms with van der Waals surface area (Å²) in [5.74, 6) is 0. The largest absolute Gasteiger partial charge is 0.303 e. The Kier molecular flexibility index (Phi) is 15.9. The van der Waals surface area contributed by atoms with Crippen molar-refractivity contribution >= 4 is 17.6 Å². The second kappa shape index (κ2) is 16.1. The first-order valence-electron chi connectivity index (χ1n) is 8.42. The summed E-state index contributed by atoms with van der Waals surface area (Å²) in [5, 5.41) is 0. The maximum absolute atomic E-state index is 10.6. The van der Waals surface area contributed by atoms with Crippen molar-refractivity contribution in [1.29, 1.82) is 0 Å². The molecule has 2 unspecified atom stereocenters. The van der Waals surface area contributed by atoms with Crippen LogP contribution in [0.4, 0.5) is 0 Å². The van der Waals surface area contributed by atoms with Gasteiger partial charge in [-0.05, 0) is 6.42 Å². The van der Waals surface area contributed by atoms with E-state index in [2.05, 4.69) is 6.92 Å². The van der Waals surface area contributed by atoms with Gasteiger partial charge in [-0.1, -0.05) is 77.6 Å². The molecule has 0 radical (unpaired) electrons. The number of aldehydes is 1. The monoisotopic (exact) mass is 320 g/mol. The first-order valence-corrected chi connectivity index (χ1v) is 9.45. The maximum atomic E-state index is 10.6. The molecule has 2 atom stereocenters. The fourth-order valence-electron chi connectivity index (χ4n) is 2.47. The first-order chi connectivity index (χ1) is 10.2. The van der Waals surface area contributed by atoms with E-state index in [9.17, 15) is 9.00 Å². The molecular formula is C16H32O4S. The number of carbonyl (C=O) groups is 1. The maximum Gasteiger partial charge on any atom is 0.302 e.